The molecule has 4 nitrogen and oxygen atoms in total. The van der Waals surface area contributed by atoms with Crippen molar-refractivity contribution in [3.8, 4) is 0 Å². The van der Waals surface area contributed by atoms with E-state index in [9.17, 15) is 13.2 Å². The average molecular weight is 303 g/mol. The fraction of sp³-hybridized carbons (Fsp3) is 0.643. The van der Waals surface area contributed by atoms with Gasteiger partial charge in [-0.25, -0.2) is 4.98 Å². The highest BCUT2D eigenvalue weighted by molar-refractivity contribution is 5.48. The SMILES string of the molecule is COCC1CCCN(c2nc(C(F)(F)F)ccc2CN)C1. The van der Waals surface area contributed by atoms with E-state index < -0.39 is 11.9 Å². The van der Waals surface area contributed by atoms with Crippen LogP contribution in [0.3, 0.4) is 0 Å². The zero-order valence-electron chi connectivity index (χ0n) is 12.0. The lowest BCUT2D eigenvalue weighted by Crippen LogP contribution is -2.38. The lowest BCUT2D eigenvalue weighted by Gasteiger charge is -2.34. The van der Waals surface area contributed by atoms with Crippen LogP contribution in [0.15, 0.2) is 12.1 Å². The van der Waals surface area contributed by atoms with Gasteiger partial charge in [0.25, 0.3) is 0 Å². The summed E-state index contributed by atoms with van der Waals surface area (Å²) < 4.78 is 43.7. The molecule has 1 aliphatic rings. The van der Waals surface area contributed by atoms with Gasteiger partial charge in [-0.1, -0.05) is 6.07 Å². The van der Waals surface area contributed by atoms with Crippen molar-refractivity contribution in [2.45, 2.75) is 25.6 Å². The highest BCUT2D eigenvalue weighted by Gasteiger charge is 2.34. The molecule has 1 unspecified atom stereocenters. The largest absolute Gasteiger partial charge is 0.433 e. The van der Waals surface area contributed by atoms with Gasteiger partial charge < -0.3 is 15.4 Å². The normalized spacial score (nSPS) is 19.9. The minimum atomic E-state index is -4.44. The zero-order valence-corrected chi connectivity index (χ0v) is 12.0. The van der Waals surface area contributed by atoms with Crippen molar-refractivity contribution in [2.75, 3.05) is 31.7 Å². The molecule has 0 aromatic carbocycles. The molecule has 2 rings (SSSR count). The van der Waals surface area contributed by atoms with Crippen molar-refractivity contribution in [1.82, 2.24) is 4.98 Å². The van der Waals surface area contributed by atoms with Crippen LogP contribution in [0.5, 0.6) is 0 Å². The van der Waals surface area contributed by atoms with E-state index in [1.54, 1.807) is 7.11 Å². The molecule has 1 aromatic heterocycles. The summed E-state index contributed by atoms with van der Waals surface area (Å²) in [5.41, 5.74) is 5.41. The Bertz CT molecular complexity index is 477. The van der Waals surface area contributed by atoms with Crippen LogP contribution in [-0.2, 0) is 17.5 Å². The molecule has 1 aliphatic heterocycles. The second-order valence-corrected chi connectivity index (χ2v) is 5.29. The van der Waals surface area contributed by atoms with Crippen LogP contribution >= 0.6 is 0 Å². The van der Waals surface area contributed by atoms with Gasteiger partial charge in [-0.05, 0) is 24.8 Å². The number of nitrogens with zero attached hydrogens (tertiary/aromatic N) is 2. The molecule has 1 atom stereocenters. The average Bonchev–Trinajstić information content (AvgIpc) is 2.46. The van der Waals surface area contributed by atoms with Crippen molar-refractivity contribution in [1.29, 1.82) is 0 Å². The summed E-state index contributed by atoms with van der Waals surface area (Å²) in [5, 5.41) is 0. The Hall–Kier alpha value is -1.34. The number of nitrogens with two attached hydrogens (primary N) is 1. The van der Waals surface area contributed by atoms with Crippen molar-refractivity contribution in [3.63, 3.8) is 0 Å². The van der Waals surface area contributed by atoms with Crippen LogP contribution in [0.2, 0.25) is 0 Å². The van der Waals surface area contributed by atoms with Crippen molar-refractivity contribution >= 4 is 5.82 Å². The third kappa shape index (κ3) is 3.85. The molecular weight excluding hydrogens is 283 g/mol. The van der Waals surface area contributed by atoms with Crippen LogP contribution in [0, 0.1) is 5.92 Å². The Morgan fingerprint density at radius 2 is 2.19 bits per heavy atom. The fourth-order valence-electron chi connectivity index (χ4n) is 2.70. The Morgan fingerprint density at radius 1 is 1.43 bits per heavy atom. The minimum Gasteiger partial charge on any atom is -0.384 e. The van der Waals surface area contributed by atoms with Gasteiger partial charge in [0.05, 0.1) is 6.61 Å². The summed E-state index contributed by atoms with van der Waals surface area (Å²) in [7, 11) is 1.63. The summed E-state index contributed by atoms with van der Waals surface area (Å²) in [6, 6.07) is 2.41. The molecule has 0 amide bonds. The number of pyridine rings is 1. The number of methoxy groups -OCH3 is 1. The van der Waals surface area contributed by atoms with Gasteiger partial charge in [0.2, 0.25) is 0 Å². The number of hydrogen-bond acceptors (Lipinski definition) is 4. The first kappa shape index (κ1) is 16.0. The van der Waals surface area contributed by atoms with Gasteiger partial charge in [-0.15, -0.1) is 0 Å². The molecule has 7 heteroatoms. The summed E-state index contributed by atoms with van der Waals surface area (Å²) in [4.78, 5) is 5.71. The quantitative estimate of drug-likeness (QED) is 0.928. The number of aromatic nitrogens is 1. The second-order valence-electron chi connectivity index (χ2n) is 5.29. The smallest absolute Gasteiger partial charge is 0.384 e. The van der Waals surface area contributed by atoms with E-state index in [-0.39, 0.29) is 6.54 Å². The Labute approximate surface area is 122 Å². The molecule has 0 spiro atoms. The van der Waals surface area contributed by atoms with Gasteiger partial charge >= 0.3 is 6.18 Å². The number of rotatable bonds is 4. The van der Waals surface area contributed by atoms with Crippen LogP contribution in [-0.4, -0.2) is 31.8 Å². The van der Waals surface area contributed by atoms with Gasteiger partial charge in [-0.3, -0.25) is 0 Å². The zero-order chi connectivity index (χ0) is 15.5. The molecule has 21 heavy (non-hydrogen) atoms. The van der Waals surface area contributed by atoms with Crippen LogP contribution in [0.25, 0.3) is 0 Å². The van der Waals surface area contributed by atoms with Gasteiger partial charge in [-0.2, -0.15) is 13.2 Å². The van der Waals surface area contributed by atoms with Gasteiger partial charge in [0.1, 0.15) is 11.5 Å². The monoisotopic (exact) mass is 303 g/mol. The maximum atomic E-state index is 12.8. The lowest BCUT2D eigenvalue weighted by molar-refractivity contribution is -0.141. The number of piperidine rings is 1. The fourth-order valence-corrected chi connectivity index (χ4v) is 2.70. The van der Waals surface area contributed by atoms with Crippen molar-refractivity contribution < 1.29 is 17.9 Å². The summed E-state index contributed by atoms with van der Waals surface area (Å²) >= 11 is 0. The molecule has 0 radical (unpaired) electrons. The first-order chi connectivity index (χ1) is 9.95. The molecule has 0 saturated carbocycles. The van der Waals surface area contributed by atoms with Gasteiger partial charge in [0, 0.05) is 32.3 Å². The van der Waals surface area contributed by atoms with E-state index in [0.717, 1.165) is 18.9 Å². The maximum absolute atomic E-state index is 12.8. The predicted molar refractivity (Wildman–Crippen MR) is 73.9 cm³/mol. The van der Waals surface area contributed by atoms with Gasteiger partial charge in [0.15, 0.2) is 0 Å². The van der Waals surface area contributed by atoms with Crippen LogP contribution < -0.4 is 10.6 Å². The topological polar surface area (TPSA) is 51.4 Å². The number of hydrogen-bond donors (Lipinski definition) is 1. The predicted octanol–water partition coefficient (Wildman–Crippen LogP) is 2.42. The molecule has 2 N–H and O–H groups in total. The number of ether oxygens (including phenoxy) is 1. The first-order valence-corrected chi connectivity index (χ1v) is 6.96. The highest BCUT2D eigenvalue weighted by atomic mass is 19.4. The van der Waals surface area contributed by atoms with E-state index in [2.05, 4.69) is 4.98 Å². The molecular formula is C14H20F3N3O. The van der Waals surface area contributed by atoms with E-state index in [1.807, 2.05) is 4.90 Å². The van der Waals surface area contributed by atoms with Crippen molar-refractivity contribution in [3.05, 3.63) is 23.4 Å². The van der Waals surface area contributed by atoms with E-state index in [1.165, 1.54) is 6.07 Å². The third-order valence-corrected chi connectivity index (χ3v) is 3.69. The molecule has 2 heterocycles. The van der Waals surface area contributed by atoms with Crippen LogP contribution in [0.4, 0.5) is 19.0 Å². The first-order valence-electron chi connectivity index (χ1n) is 6.96. The Balaban J connectivity index is 2.28. The number of anilines is 1. The Kier molecular flexibility index (Phi) is 5.05. The summed E-state index contributed by atoms with van der Waals surface area (Å²) in [6.07, 6.45) is -2.51. The summed E-state index contributed by atoms with van der Waals surface area (Å²) in [6.45, 7) is 2.12. The molecule has 1 aromatic rings. The third-order valence-electron chi connectivity index (χ3n) is 3.69. The van der Waals surface area contributed by atoms with E-state index in [4.69, 9.17) is 10.5 Å². The number of alkyl halides is 3. The Morgan fingerprint density at radius 3 is 2.81 bits per heavy atom. The molecule has 1 fully saturated rings. The second kappa shape index (κ2) is 6.62. The minimum absolute atomic E-state index is 0.173. The lowest BCUT2D eigenvalue weighted by atomic mass is 9.98. The molecule has 1 saturated heterocycles. The van der Waals surface area contributed by atoms with Crippen molar-refractivity contribution in [2.24, 2.45) is 11.7 Å². The van der Waals surface area contributed by atoms with E-state index >= 15 is 0 Å². The number of halogens is 3. The molecule has 118 valence electrons. The maximum Gasteiger partial charge on any atom is 0.433 e. The highest BCUT2D eigenvalue weighted by Crippen LogP contribution is 2.32. The standard InChI is InChI=1S/C14H20F3N3O/c1-21-9-10-3-2-6-20(8-10)13-11(7-18)4-5-12(19-13)14(15,16)17/h4-5,10H,2-3,6-9,18H2,1H3. The van der Waals surface area contributed by atoms with E-state index in [0.29, 0.717) is 37.0 Å². The summed E-state index contributed by atoms with van der Waals surface area (Å²) in [5.74, 6) is 0.666. The molecule has 0 bridgehead atoms. The molecule has 0 aliphatic carbocycles. The van der Waals surface area contributed by atoms with Crippen LogP contribution in [0.1, 0.15) is 24.1 Å².